The highest BCUT2D eigenvalue weighted by Crippen LogP contribution is 2.41. The van der Waals surface area contributed by atoms with E-state index in [0.717, 1.165) is 22.1 Å². The van der Waals surface area contributed by atoms with Crippen molar-refractivity contribution in [2.75, 3.05) is 18.1 Å². The number of halogens is 1. The third kappa shape index (κ3) is 3.91. The van der Waals surface area contributed by atoms with Gasteiger partial charge in [-0.05, 0) is 35.4 Å². The standard InChI is InChI=1S/C23H21ClN2O3/c1-15(27)25-21-19-8-4-9-20(24)22(19)26(23(21)28)12-5-13-29-18-11-10-16-6-2-3-7-17(16)14-18/h2-4,6-11,14,21H,5,12-13H2,1H3,(H,25,27)/t21-/m1/s1. The van der Waals surface area contributed by atoms with Gasteiger partial charge < -0.3 is 15.0 Å². The van der Waals surface area contributed by atoms with Gasteiger partial charge in [0, 0.05) is 19.0 Å². The van der Waals surface area contributed by atoms with Crippen LogP contribution in [0.3, 0.4) is 0 Å². The van der Waals surface area contributed by atoms with Crippen molar-refractivity contribution in [2.45, 2.75) is 19.4 Å². The van der Waals surface area contributed by atoms with Crippen molar-refractivity contribution in [3.8, 4) is 5.75 Å². The van der Waals surface area contributed by atoms with E-state index in [0.29, 0.717) is 30.3 Å². The topological polar surface area (TPSA) is 58.6 Å². The Kier molecular flexibility index (Phi) is 5.41. The van der Waals surface area contributed by atoms with Crippen LogP contribution in [0.25, 0.3) is 10.8 Å². The third-order valence-corrected chi connectivity index (χ3v) is 5.28. The Morgan fingerprint density at radius 1 is 1.10 bits per heavy atom. The van der Waals surface area contributed by atoms with E-state index in [1.807, 2.05) is 42.5 Å². The summed E-state index contributed by atoms with van der Waals surface area (Å²) in [6, 6.07) is 18.8. The molecule has 0 aliphatic carbocycles. The van der Waals surface area contributed by atoms with Crippen LogP contribution in [-0.4, -0.2) is 25.0 Å². The maximum absolute atomic E-state index is 12.9. The number of hydrogen-bond donors (Lipinski definition) is 1. The number of para-hydroxylation sites is 1. The minimum absolute atomic E-state index is 0.172. The smallest absolute Gasteiger partial charge is 0.254 e. The zero-order valence-corrected chi connectivity index (χ0v) is 16.8. The molecule has 4 rings (SSSR count). The van der Waals surface area contributed by atoms with E-state index in [4.69, 9.17) is 16.3 Å². The first-order chi connectivity index (χ1) is 14.0. The van der Waals surface area contributed by atoms with E-state index in [-0.39, 0.29) is 11.8 Å². The lowest BCUT2D eigenvalue weighted by atomic mass is 10.1. The van der Waals surface area contributed by atoms with E-state index >= 15 is 0 Å². The van der Waals surface area contributed by atoms with Gasteiger partial charge in [0.15, 0.2) is 0 Å². The Hall–Kier alpha value is -3.05. The molecule has 2 amide bonds. The maximum Gasteiger partial charge on any atom is 0.254 e. The van der Waals surface area contributed by atoms with Crippen LogP contribution in [0, 0.1) is 0 Å². The molecule has 0 bridgehead atoms. The molecule has 5 nitrogen and oxygen atoms in total. The molecule has 0 unspecified atom stereocenters. The molecule has 0 saturated heterocycles. The quantitative estimate of drug-likeness (QED) is 0.611. The van der Waals surface area contributed by atoms with Gasteiger partial charge in [0.05, 0.1) is 17.3 Å². The first kappa shape index (κ1) is 19.3. The third-order valence-electron chi connectivity index (χ3n) is 4.98. The molecule has 29 heavy (non-hydrogen) atoms. The largest absolute Gasteiger partial charge is 0.494 e. The van der Waals surface area contributed by atoms with Crippen LogP contribution in [0.4, 0.5) is 5.69 Å². The molecule has 1 aliphatic rings. The Labute approximate surface area is 174 Å². The number of amides is 2. The van der Waals surface area contributed by atoms with Crippen molar-refractivity contribution in [1.29, 1.82) is 0 Å². The first-order valence-corrected chi connectivity index (χ1v) is 9.91. The van der Waals surface area contributed by atoms with E-state index < -0.39 is 6.04 Å². The summed E-state index contributed by atoms with van der Waals surface area (Å²) in [6.45, 7) is 2.32. The highest BCUT2D eigenvalue weighted by atomic mass is 35.5. The SMILES string of the molecule is CC(=O)N[C@H]1C(=O)N(CCCOc2ccc3ccccc3c2)c2c(Cl)cccc21. The lowest BCUT2D eigenvalue weighted by molar-refractivity contribution is -0.126. The predicted octanol–water partition coefficient (Wildman–Crippen LogP) is 4.49. The van der Waals surface area contributed by atoms with Gasteiger partial charge in [0.1, 0.15) is 11.8 Å². The molecule has 1 aliphatic heterocycles. The van der Waals surface area contributed by atoms with Crippen LogP contribution < -0.4 is 15.0 Å². The van der Waals surface area contributed by atoms with Crippen LogP contribution >= 0.6 is 11.6 Å². The summed E-state index contributed by atoms with van der Waals surface area (Å²) in [6.07, 6.45) is 0.635. The Morgan fingerprint density at radius 2 is 1.90 bits per heavy atom. The zero-order valence-electron chi connectivity index (χ0n) is 16.0. The van der Waals surface area contributed by atoms with Gasteiger partial charge in [-0.25, -0.2) is 0 Å². The summed E-state index contributed by atoms with van der Waals surface area (Å²) in [4.78, 5) is 26.0. The molecule has 1 heterocycles. The van der Waals surface area contributed by atoms with Crippen molar-refractivity contribution in [1.82, 2.24) is 5.32 Å². The first-order valence-electron chi connectivity index (χ1n) is 9.53. The molecule has 0 spiro atoms. The van der Waals surface area contributed by atoms with E-state index in [2.05, 4.69) is 11.4 Å². The highest BCUT2D eigenvalue weighted by molar-refractivity contribution is 6.34. The van der Waals surface area contributed by atoms with Gasteiger partial charge in [0.25, 0.3) is 5.91 Å². The second-order valence-corrected chi connectivity index (χ2v) is 7.42. The van der Waals surface area contributed by atoms with Gasteiger partial charge in [-0.2, -0.15) is 0 Å². The number of nitrogens with zero attached hydrogens (tertiary/aromatic N) is 1. The number of benzene rings is 3. The molecule has 0 aromatic heterocycles. The average molecular weight is 409 g/mol. The van der Waals surface area contributed by atoms with Crippen molar-refractivity contribution < 1.29 is 14.3 Å². The summed E-state index contributed by atoms with van der Waals surface area (Å²) < 4.78 is 5.88. The number of fused-ring (bicyclic) bond motifs is 2. The number of hydrogen-bond acceptors (Lipinski definition) is 3. The van der Waals surface area contributed by atoms with Crippen LogP contribution in [-0.2, 0) is 9.59 Å². The minimum Gasteiger partial charge on any atom is -0.494 e. The van der Waals surface area contributed by atoms with Gasteiger partial charge in [-0.1, -0.05) is 54.1 Å². The second-order valence-electron chi connectivity index (χ2n) is 7.01. The van der Waals surface area contributed by atoms with Crippen LogP contribution in [0.1, 0.15) is 24.9 Å². The van der Waals surface area contributed by atoms with Crippen molar-refractivity contribution in [3.05, 3.63) is 71.2 Å². The number of carbonyl (C=O) groups is 2. The summed E-state index contributed by atoms with van der Waals surface area (Å²) in [5.74, 6) is 0.371. The van der Waals surface area contributed by atoms with Crippen molar-refractivity contribution in [2.24, 2.45) is 0 Å². The monoisotopic (exact) mass is 408 g/mol. The van der Waals surface area contributed by atoms with E-state index in [9.17, 15) is 9.59 Å². The molecule has 6 heteroatoms. The highest BCUT2D eigenvalue weighted by Gasteiger charge is 2.38. The lowest BCUT2D eigenvalue weighted by Crippen LogP contribution is -2.37. The van der Waals surface area contributed by atoms with Crippen LogP contribution in [0.15, 0.2) is 60.7 Å². The molecular formula is C23H21ClN2O3. The maximum atomic E-state index is 12.9. The summed E-state index contributed by atoms with van der Waals surface area (Å²) in [5.41, 5.74) is 1.40. The second kappa shape index (κ2) is 8.13. The lowest BCUT2D eigenvalue weighted by Gasteiger charge is -2.19. The Bertz CT molecular complexity index is 1080. The number of ether oxygens (including phenoxy) is 1. The van der Waals surface area contributed by atoms with Crippen molar-refractivity contribution >= 4 is 39.9 Å². The number of anilines is 1. The molecule has 0 radical (unpaired) electrons. The molecule has 3 aromatic rings. The summed E-state index contributed by atoms with van der Waals surface area (Å²) in [7, 11) is 0. The zero-order chi connectivity index (χ0) is 20.4. The molecule has 148 valence electrons. The van der Waals surface area contributed by atoms with Crippen LogP contribution in [0.5, 0.6) is 5.75 Å². The van der Waals surface area contributed by atoms with Crippen LogP contribution in [0.2, 0.25) is 5.02 Å². The summed E-state index contributed by atoms with van der Waals surface area (Å²) in [5, 5.41) is 5.51. The molecule has 1 atom stereocenters. The molecule has 1 N–H and O–H groups in total. The predicted molar refractivity (Wildman–Crippen MR) is 114 cm³/mol. The fraction of sp³-hybridized carbons (Fsp3) is 0.217. The van der Waals surface area contributed by atoms with E-state index in [1.54, 1.807) is 17.0 Å². The molecule has 3 aromatic carbocycles. The Balaban J connectivity index is 1.42. The van der Waals surface area contributed by atoms with Gasteiger partial charge in [-0.3, -0.25) is 9.59 Å². The Morgan fingerprint density at radius 3 is 2.69 bits per heavy atom. The van der Waals surface area contributed by atoms with Gasteiger partial charge in [0.2, 0.25) is 5.91 Å². The van der Waals surface area contributed by atoms with Gasteiger partial charge in [-0.15, -0.1) is 0 Å². The van der Waals surface area contributed by atoms with E-state index in [1.165, 1.54) is 6.92 Å². The molecule has 0 fully saturated rings. The number of carbonyl (C=O) groups excluding carboxylic acids is 2. The van der Waals surface area contributed by atoms with Crippen molar-refractivity contribution in [3.63, 3.8) is 0 Å². The fourth-order valence-corrected chi connectivity index (χ4v) is 3.97. The minimum atomic E-state index is -0.692. The molecular weight excluding hydrogens is 388 g/mol. The molecule has 0 saturated carbocycles. The number of rotatable bonds is 6. The average Bonchev–Trinajstić information content (AvgIpc) is 2.97. The van der Waals surface area contributed by atoms with Gasteiger partial charge >= 0.3 is 0 Å². The fourth-order valence-electron chi connectivity index (χ4n) is 3.68. The summed E-state index contributed by atoms with van der Waals surface area (Å²) >= 11 is 6.36. The number of nitrogens with one attached hydrogen (secondary N) is 1. The normalized spacial score (nSPS) is 15.4.